The summed E-state index contributed by atoms with van der Waals surface area (Å²) in [6.07, 6.45) is 1.95. The monoisotopic (exact) mass is 344 g/mol. The Labute approximate surface area is 144 Å². The van der Waals surface area contributed by atoms with Crippen molar-refractivity contribution in [3.63, 3.8) is 0 Å². The normalized spacial score (nSPS) is 12.7. The molecule has 0 saturated carbocycles. The first kappa shape index (κ1) is 16.6. The van der Waals surface area contributed by atoms with Crippen LogP contribution in [0.15, 0.2) is 41.7 Å². The average molecular weight is 344 g/mol. The van der Waals surface area contributed by atoms with E-state index in [1.54, 1.807) is 16.4 Å². The lowest BCUT2D eigenvalue weighted by atomic mass is 10.3. The second-order valence-corrected chi connectivity index (χ2v) is 6.98. The number of nitrogens with zero attached hydrogens (tertiary/aromatic N) is 8. The van der Waals surface area contributed by atoms with Crippen molar-refractivity contribution < 1.29 is 0 Å². The zero-order valence-electron chi connectivity index (χ0n) is 13.9. The summed E-state index contributed by atoms with van der Waals surface area (Å²) < 4.78 is 3.60. The second-order valence-electron chi connectivity index (χ2n) is 5.67. The van der Waals surface area contributed by atoms with Gasteiger partial charge < -0.3 is 4.90 Å². The number of thioether (sulfide) groups is 1. The Morgan fingerprint density at radius 1 is 1.12 bits per heavy atom. The van der Waals surface area contributed by atoms with Crippen LogP contribution in [0.3, 0.4) is 0 Å². The maximum Gasteiger partial charge on any atom is 0.209 e. The van der Waals surface area contributed by atoms with E-state index in [9.17, 15) is 0 Å². The Hall–Kier alpha value is -2.26. The highest BCUT2D eigenvalue weighted by Crippen LogP contribution is 2.32. The van der Waals surface area contributed by atoms with E-state index in [0.717, 1.165) is 29.6 Å². The van der Waals surface area contributed by atoms with Crippen molar-refractivity contribution in [1.29, 1.82) is 0 Å². The van der Waals surface area contributed by atoms with E-state index in [-0.39, 0.29) is 5.25 Å². The maximum atomic E-state index is 4.28. The van der Waals surface area contributed by atoms with Crippen molar-refractivity contribution in [3.8, 4) is 5.69 Å². The molecule has 126 valence electrons. The molecule has 0 unspecified atom stereocenters. The fourth-order valence-electron chi connectivity index (χ4n) is 2.10. The van der Waals surface area contributed by atoms with Crippen LogP contribution in [0.2, 0.25) is 0 Å². The van der Waals surface area contributed by atoms with Crippen LogP contribution in [-0.4, -0.2) is 60.7 Å². The molecule has 24 heavy (non-hydrogen) atoms. The summed E-state index contributed by atoms with van der Waals surface area (Å²) in [5, 5.41) is 21.3. The van der Waals surface area contributed by atoms with E-state index in [2.05, 4.69) is 37.7 Å². The van der Waals surface area contributed by atoms with Gasteiger partial charge in [0.25, 0.3) is 0 Å². The van der Waals surface area contributed by atoms with Crippen molar-refractivity contribution >= 4 is 11.8 Å². The van der Waals surface area contributed by atoms with E-state index in [4.69, 9.17) is 0 Å². The van der Waals surface area contributed by atoms with Gasteiger partial charge in [0.2, 0.25) is 5.16 Å². The summed E-state index contributed by atoms with van der Waals surface area (Å²) in [4.78, 5) is 2.10. The second kappa shape index (κ2) is 7.54. The van der Waals surface area contributed by atoms with Crippen LogP contribution in [0.25, 0.3) is 5.69 Å². The first-order valence-corrected chi connectivity index (χ1v) is 8.56. The van der Waals surface area contributed by atoms with Gasteiger partial charge in [-0.15, -0.1) is 10.2 Å². The largest absolute Gasteiger partial charge is 0.308 e. The van der Waals surface area contributed by atoms with Crippen LogP contribution in [-0.2, 0) is 6.54 Å². The van der Waals surface area contributed by atoms with Gasteiger partial charge in [0.15, 0.2) is 0 Å². The minimum atomic E-state index is 0.103. The van der Waals surface area contributed by atoms with Crippen molar-refractivity contribution in [1.82, 2.24) is 40.1 Å². The number of para-hydroxylation sites is 1. The lowest BCUT2D eigenvalue weighted by Crippen LogP contribution is -2.19. The molecule has 0 N–H and O–H groups in total. The summed E-state index contributed by atoms with van der Waals surface area (Å²) in [6.45, 7) is 3.72. The molecule has 1 aromatic carbocycles. The van der Waals surface area contributed by atoms with E-state index in [1.165, 1.54) is 0 Å². The summed E-state index contributed by atoms with van der Waals surface area (Å²) in [7, 11) is 4.06. The molecule has 9 heteroatoms. The zero-order valence-corrected chi connectivity index (χ0v) is 14.8. The Morgan fingerprint density at radius 3 is 2.67 bits per heavy atom. The van der Waals surface area contributed by atoms with Gasteiger partial charge in [-0.2, -0.15) is 0 Å². The van der Waals surface area contributed by atoms with Gasteiger partial charge >= 0.3 is 0 Å². The van der Waals surface area contributed by atoms with Gasteiger partial charge in [-0.05, 0) is 43.6 Å². The first-order valence-electron chi connectivity index (χ1n) is 7.68. The van der Waals surface area contributed by atoms with Gasteiger partial charge in [-0.1, -0.05) is 35.2 Å². The molecule has 0 aliphatic rings. The smallest absolute Gasteiger partial charge is 0.209 e. The molecule has 0 bridgehead atoms. The number of hydrogen-bond donors (Lipinski definition) is 0. The topological polar surface area (TPSA) is 77.5 Å². The standard InChI is InChI=1S/C15H20N8S/c1-12(24-15-17-18-20-22(15)10-9-21(2)3)14-11-23(19-16-14)13-7-5-4-6-8-13/h4-8,11-12H,9-10H2,1-3H3/t12-/m1/s1. The van der Waals surface area contributed by atoms with Crippen molar-refractivity contribution in [2.24, 2.45) is 0 Å². The molecule has 0 aliphatic carbocycles. The number of likely N-dealkylation sites (N-methyl/N-ethyl adjacent to an activating group) is 1. The highest BCUT2D eigenvalue weighted by atomic mass is 32.2. The Morgan fingerprint density at radius 2 is 1.92 bits per heavy atom. The SMILES string of the molecule is C[C@@H](Sc1nnnn1CCN(C)C)c1cn(-c2ccccc2)nn1. The Balaban J connectivity index is 1.69. The van der Waals surface area contributed by atoms with Gasteiger partial charge in [0, 0.05) is 6.54 Å². The van der Waals surface area contributed by atoms with Crippen LogP contribution < -0.4 is 0 Å². The quantitative estimate of drug-likeness (QED) is 0.603. The van der Waals surface area contributed by atoms with Crippen LogP contribution in [0.4, 0.5) is 0 Å². The molecule has 3 rings (SSSR count). The fourth-order valence-corrected chi connectivity index (χ4v) is 2.98. The number of aromatic nitrogens is 7. The molecular weight excluding hydrogens is 324 g/mol. The van der Waals surface area contributed by atoms with Crippen molar-refractivity contribution in [2.75, 3.05) is 20.6 Å². The molecule has 0 fully saturated rings. The zero-order chi connectivity index (χ0) is 16.9. The molecule has 0 saturated heterocycles. The first-order chi connectivity index (χ1) is 11.6. The molecule has 0 amide bonds. The molecule has 0 spiro atoms. The molecule has 2 aromatic heterocycles. The van der Waals surface area contributed by atoms with Crippen molar-refractivity contribution in [2.45, 2.75) is 23.9 Å². The van der Waals surface area contributed by atoms with Gasteiger partial charge in [0.05, 0.1) is 29.4 Å². The number of hydrogen-bond acceptors (Lipinski definition) is 7. The van der Waals surface area contributed by atoms with Crippen molar-refractivity contribution in [3.05, 3.63) is 42.2 Å². The van der Waals surface area contributed by atoms with E-state index < -0.39 is 0 Å². The summed E-state index contributed by atoms with van der Waals surface area (Å²) in [6, 6.07) is 9.94. The minimum Gasteiger partial charge on any atom is -0.308 e. The molecule has 0 radical (unpaired) electrons. The number of benzene rings is 1. The third-order valence-corrected chi connectivity index (χ3v) is 4.59. The summed E-state index contributed by atoms with van der Waals surface area (Å²) in [5.74, 6) is 0. The molecular formula is C15H20N8S. The van der Waals surface area contributed by atoms with Gasteiger partial charge in [0.1, 0.15) is 0 Å². The summed E-state index contributed by atoms with van der Waals surface area (Å²) >= 11 is 1.58. The Bertz CT molecular complexity index is 767. The minimum absolute atomic E-state index is 0.103. The average Bonchev–Trinajstić information content (AvgIpc) is 3.23. The molecule has 3 aromatic rings. The molecule has 0 aliphatic heterocycles. The summed E-state index contributed by atoms with van der Waals surface area (Å²) in [5.41, 5.74) is 1.88. The molecule has 2 heterocycles. The lowest BCUT2D eigenvalue weighted by Gasteiger charge is -2.11. The van der Waals surface area contributed by atoms with Crippen LogP contribution in [0.1, 0.15) is 17.9 Å². The maximum absolute atomic E-state index is 4.28. The van der Waals surface area contributed by atoms with Crippen LogP contribution in [0, 0.1) is 0 Å². The fraction of sp³-hybridized carbons (Fsp3) is 0.400. The van der Waals surface area contributed by atoms with E-state index >= 15 is 0 Å². The number of tetrazole rings is 1. The molecule has 8 nitrogen and oxygen atoms in total. The molecule has 1 atom stereocenters. The predicted octanol–water partition coefficient (Wildman–Crippen LogP) is 1.67. The van der Waals surface area contributed by atoms with E-state index in [1.807, 2.05) is 55.3 Å². The van der Waals surface area contributed by atoms with E-state index in [0.29, 0.717) is 0 Å². The van der Waals surface area contributed by atoms with Gasteiger partial charge in [-0.3, -0.25) is 0 Å². The lowest BCUT2D eigenvalue weighted by molar-refractivity contribution is 0.361. The Kier molecular flexibility index (Phi) is 5.21. The highest BCUT2D eigenvalue weighted by Gasteiger charge is 2.17. The number of rotatable bonds is 7. The third kappa shape index (κ3) is 3.98. The van der Waals surface area contributed by atoms with Crippen LogP contribution >= 0.6 is 11.8 Å². The third-order valence-electron chi connectivity index (χ3n) is 3.49. The van der Waals surface area contributed by atoms with Gasteiger partial charge in [-0.25, -0.2) is 9.36 Å². The highest BCUT2D eigenvalue weighted by molar-refractivity contribution is 7.99. The van der Waals surface area contributed by atoms with Crippen LogP contribution in [0.5, 0.6) is 0 Å². The predicted molar refractivity (Wildman–Crippen MR) is 92.0 cm³/mol.